The third-order valence-corrected chi connectivity index (χ3v) is 7.98. The van der Waals surface area contributed by atoms with Crippen LogP contribution in [0.3, 0.4) is 0 Å². The van der Waals surface area contributed by atoms with Crippen molar-refractivity contribution in [2.45, 2.75) is 70.0 Å². The zero-order valence-electron chi connectivity index (χ0n) is 23.0. The Labute approximate surface area is 235 Å². The largest absolute Gasteiger partial charge is 0.323 e. The number of hydrogen-bond acceptors (Lipinski definition) is 5. The topological polar surface area (TPSA) is 69.8 Å². The molecule has 4 rings (SSSR count). The van der Waals surface area contributed by atoms with Gasteiger partial charge in [0.15, 0.2) is 5.16 Å². The predicted molar refractivity (Wildman–Crippen MR) is 160 cm³/mol. The van der Waals surface area contributed by atoms with Crippen LogP contribution in [-0.4, -0.2) is 24.9 Å². The van der Waals surface area contributed by atoms with Gasteiger partial charge in [0.05, 0.1) is 0 Å². The van der Waals surface area contributed by atoms with Crippen LogP contribution in [0, 0.1) is 6.92 Å². The molecule has 6 nitrogen and oxygen atoms in total. The summed E-state index contributed by atoms with van der Waals surface area (Å²) in [6.45, 7) is 2.74. The summed E-state index contributed by atoms with van der Waals surface area (Å²) in [6, 6.07) is 16.3. The monoisotopic (exact) mass is 542 g/mol. The second-order valence-electron chi connectivity index (χ2n) is 10.2. The molecule has 7 heteroatoms. The van der Waals surface area contributed by atoms with Crippen LogP contribution in [0.15, 0.2) is 88.1 Å². The summed E-state index contributed by atoms with van der Waals surface area (Å²) in [5, 5.41) is 0.739. The average Bonchev–Trinajstić information content (AvgIpc) is 2.93. The molecule has 0 spiro atoms. The molecule has 1 aromatic carbocycles. The van der Waals surface area contributed by atoms with Gasteiger partial charge in [0.25, 0.3) is 11.1 Å². The molecular weight excluding hydrogens is 504 g/mol. The Morgan fingerprint density at radius 1 is 0.821 bits per heavy atom. The first-order valence-electron chi connectivity index (χ1n) is 13.8. The van der Waals surface area contributed by atoms with Crippen molar-refractivity contribution in [2.75, 3.05) is 5.75 Å². The van der Waals surface area contributed by atoms with Crippen LogP contribution in [0.25, 0.3) is 0 Å². The first kappa shape index (κ1) is 28.6. The average molecular weight is 543 g/mol. The van der Waals surface area contributed by atoms with Crippen molar-refractivity contribution in [3.05, 3.63) is 122 Å². The van der Waals surface area contributed by atoms with Crippen molar-refractivity contribution in [1.29, 1.82) is 0 Å². The molecule has 0 aliphatic heterocycles. The molecule has 0 bridgehead atoms. The quantitative estimate of drug-likeness (QED) is 0.112. The number of rotatable bonds is 14. The first-order chi connectivity index (χ1) is 19.0. The van der Waals surface area contributed by atoms with E-state index in [2.05, 4.69) is 45.7 Å². The van der Waals surface area contributed by atoms with Gasteiger partial charge in [-0.15, -0.1) is 0 Å². The minimum absolute atomic E-state index is 0.0870. The molecule has 0 saturated carbocycles. The van der Waals surface area contributed by atoms with Crippen molar-refractivity contribution in [3.63, 3.8) is 0 Å². The zero-order chi connectivity index (χ0) is 27.5. The summed E-state index contributed by atoms with van der Waals surface area (Å²) < 4.78 is 3.58. The SMILES string of the molecule is Cc1ccc(CCCCCCCCSc2nc(=O)c(Cc3ccn(C)c(=O)c3)cn2Cc2ccncc2)cc1. The molecule has 4 aromatic rings. The Morgan fingerprint density at radius 2 is 1.54 bits per heavy atom. The molecule has 0 N–H and O–H groups in total. The number of aryl methyl sites for hydroxylation is 3. The predicted octanol–water partition coefficient (Wildman–Crippen LogP) is 5.96. The normalized spacial score (nSPS) is 11.1. The van der Waals surface area contributed by atoms with E-state index in [0.717, 1.165) is 34.9 Å². The molecule has 3 aromatic heterocycles. The van der Waals surface area contributed by atoms with Gasteiger partial charge >= 0.3 is 0 Å². The van der Waals surface area contributed by atoms with Crippen LogP contribution in [0.2, 0.25) is 0 Å². The van der Waals surface area contributed by atoms with E-state index >= 15 is 0 Å². The highest BCUT2D eigenvalue weighted by Crippen LogP contribution is 2.20. The maximum Gasteiger partial charge on any atom is 0.277 e. The number of pyridine rings is 2. The summed E-state index contributed by atoms with van der Waals surface area (Å²) in [5.74, 6) is 0.931. The van der Waals surface area contributed by atoms with E-state index in [1.54, 1.807) is 43.5 Å². The van der Waals surface area contributed by atoms with Gasteiger partial charge in [-0.25, -0.2) is 0 Å². The highest BCUT2D eigenvalue weighted by molar-refractivity contribution is 7.99. The molecule has 0 fully saturated rings. The van der Waals surface area contributed by atoms with Crippen LogP contribution in [-0.2, 0) is 26.4 Å². The molecular formula is C32H38N4O2S. The molecule has 3 heterocycles. The van der Waals surface area contributed by atoms with Crippen LogP contribution in [0.1, 0.15) is 66.3 Å². The highest BCUT2D eigenvalue weighted by Gasteiger charge is 2.11. The summed E-state index contributed by atoms with van der Waals surface area (Å²) in [4.78, 5) is 33.6. The molecule has 204 valence electrons. The number of unbranched alkanes of at least 4 members (excludes halogenated alkanes) is 5. The molecule has 0 unspecified atom stereocenters. The highest BCUT2D eigenvalue weighted by atomic mass is 32.2. The van der Waals surface area contributed by atoms with E-state index in [0.29, 0.717) is 18.5 Å². The van der Waals surface area contributed by atoms with Crippen molar-refractivity contribution in [3.8, 4) is 0 Å². The number of thioether (sulfide) groups is 1. The Morgan fingerprint density at radius 3 is 2.28 bits per heavy atom. The summed E-state index contributed by atoms with van der Waals surface area (Å²) in [5.41, 5.74) is 4.94. The molecule has 0 amide bonds. The Balaban J connectivity index is 1.30. The van der Waals surface area contributed by atoms with Gasteiger partial charge in [-0.3, -0.25) is 14.6 Å². The Bertz CT molecular complexity index is 1450. The first-order valence-corrected chi connectivity index (χ1v) is 14.8. The van der Waals surface area contributed by atoms with Gasteiger partial charge in [-0.1, -0.05) is 67.3 Å². The number of hydrogen-bond donors (Lipinski definition) is 0. The van der Waals surface area contributed by atoms with Gasteiger partial charge in [-0.05, 0) is 61.1 Å². The molecule has 39 heavy (non-hydrogen) atoms. The van der Waals surface area contributed by atoms with Crippen LogP contribution >= 0.6 is 11.8 Å². The van der Waals surface area contributed by atoms with Gasteiger partial charge in [-0.2, -0.15) is 4.98 Å². The van der Waals surface area contributed by atoms with Gasteiger partial charge in [0.2, 0.25) is 0 Å². The van der Waals surface area contributed by atoms with E-state index in [4.69, 9.17) is 0 Å². The zero-order valence-corrected chi connectivity index (χ0v) is 23.8. The molecule has 0 radical (unpaired) electrons. The molecule has 0 aliphatic rings. The second-order valence-corrected chi connectivity index (χ2v) is 11.3. The smallest absolute Gasteiger partial charge is 0.277 e. The van der Waals surface area contributed by atoms with E-state index in [1.807, 2.05) is 24.4 Å². The lowest BCUT2D eigenvalue weighted by molar-refractivity contribution is 0.608. The van der Waals surface area contributed by atoms with Crippen molar-refractivity contribution < 1.29 is 0 Å². The third-order valence-electron chi connectivity index (χ3n) is 6.91. The second kappa shape index (κ2) is 14.6. The van der Waals surface area contributed by atoms with E-state index in [-0.39, 0.29) is 11.1 Å². The van der Waals surface area contributed by atoms with E-state index < -0.39 is 0 Å². The maximum absolute atomic E-state index is 12.9. The fourth-order valence-corrected chi connectivity index (χ4v) is 5.49. The van der Waals surface area contributed by atoms with Crippen LogP contribution in [0.5, 0.6) is 0 Å². The number of aromatic nitrogens is 4. The van der Waals surface area contributed by atoms with Gasteiger partial charge in [0, 0.05) is 62.2 Å². The standard InChI is InChI=1S/C32H38N4O2S/c1-25-10-12-26(13-11-25)9-7-5-3-4-6-8-20-39-32-34-31(38)29(21-28-16-19-35(2)30(37)22-28)24-36(32)23-27-14-17-33-18-15-27/h10-19,22,24H,3-9,20-21,23H2,1-2H3. The van der Waals surface area contributed by atoms with Gasteiger partial charge < -0.3 is 9.13 Å². The number of nitrogens with zero attached hydrogens (tertiary/aromatic N) is 4. The molecule has 0 aliphatic carbocycles. The minimum Gasteiger partial charge on any atom is -0.323 e. The lowest BCUT2D eigenvalue weighted by Crippen LogP contribution is -2.21. The van der Waals surface area contributed by atoms with E-state index in [9.17, 15) is 9.59 Å². The molecule has 0 saturated heterocycles. The minimum atomic E-state index is -0.224. The fourth-order valence-electron chi connectivity index (χ4n) is 4.53. The number of benzene rings is 1. The molecule has 0 atom stereocenters. The van der Waals surface area contributed by atoms with Crippen molar-refractivity contribution in [1.82, 2.24) is 19.1 Å². The summed E-state index contributed by atoms with van der Waals surface area (Å²) >= 11 is 1.65. The Hall–Kier alpha value is -3.45. The van der Waals surface area contributed by atoms with E-state index in [1.165, 1.54) is 47.8 Å². The van der Waals surface area contributed by atoms with Crippen LogP contribution < -0.4 is 11.1 Å². The van der Waals surface area contributed by atoms with Crippen molar-refractivity contribution in [2.24, 2.45) is 7.05 Å². The lowest BCUT2D eigenvalue weighted by Gasteiger charge is -2.14. The Kier molecular flexibility index (Phi) is 10.7. The fraction of sp³-hybridized carbons (Fsp3) is 0.375. The lowest BCUT2D eigenvalue weighted by atomic mass is 10.0. The summed E-state index contributed by atoms with van der Waals surface area (Å²) in [7, 11) is 1.72. The maximum atomic E-state index is 12.9. The van der Waals surface area contributed by atoms with Gasteiger partial charge in [0.1, 0.15) is 0 Å². The third kappa shape index (κ3) is 9.06. The van der Waals surface area contributed by atoms with Crippen molar-refractivity contribution >= 4 is 11.8 Å². The summed E-state index contributed by atoms with van der Waals surface area (Å²) in [6.07, 6.45) is 16.0. The van der Waals surface area contributed by atoms with Crippen LogP contribution in [0.4, 0.5) is 0 Å².